The van der Waals surface area contributed by atoms with Gasteiger partial charge in [-0.15, -0.1) is 0 Å². The minimum Gasteiger partial charge on any atom is -0.493 e. The van der Waals surface area contributed by atoms with Gasteiger partial charge < -0.3 is 24.1 Å². The molecule has 0 spiro atoms. The molecule has 0 bridgehead atoms. The van der Waals surface area contributed by atoms with Gasteiger partial charge in [0, 0.05) is 35.2 Å². The van der Waals surface area contributed by atoms with Gasteiger partial charge in [-0.25, -0.2) is 0 Å². The Hall–Kier alpha value is -3.93. The number of rotatable bonds is 10. The first-order chi connectivity index (χ1) is 17.0. The van der Waals surface area contributed by atoms with Crippen LogP contribution in [0.2, 0.25) is 0 Å². The van der Waals surface area contributed by atoms with Gasteiger partial charge in [0.1, 0.15) is 0 Å². The molecule has 1 aromatic heterocycles. The Morgan fingerprint density at radius 1 is 0.914 bits per heavy atom. The van der Waals surface area contributed by atoms with Crippen LogP contribution in [0.25, 0.3) is 10.9 Å². The number of carbonyl (C=O) groups excluding carboxylic acids is 1. The number of fused-ring (bicyclic) bond motifs is 1. The zero-order valence-electron chi connectivity index (χ0n) is 20.7. The molecule has 1 atom stereocenters. The van der Waals surface area contributed by atoms with Gasteiger partial charge in [-0.3, -0.25) is 4.79 Å². The fourth-order valence-electron chi connectivity index (χ4n) is 4.40. The summed E-state index contributed by atoms with van der Waals surface area (Å²) in [5.41, 5.74) is 4.24. The molecule has 35 heavy (non-hydrogen) atoms. The Labute approximate surface area is 206 Å². The predicted molar refractivity (Wildman–Crippen MR) is 139 cm³/mol. The van der Waals surface area contributed by atoms with Gasteiger partial charge in [-0.05, 0) is 49.1 Å². The predicted octanol–water partition coefficient (Wildman–Crippen LogP) is 5.47. The van der Waals surface area contributed by atoms with Crippen LogP contribution in [0.3, 0.4) is 0 Å². The summed E-state index contributed by atoms with van der Waals surface area (Å²) in [6.07, 6.45) is 3.92. The molecule has 6 heteroatoms. The van der Waals surface area contributed by atoms with Crippen molar-refractivity contribution in [2.75, 3.05) is 21.3 Å². The zero-order chi connectivity index (χ0) is 24.8. The van der Waals surface area contributed by atoms with E-state index in [1.165, 1.54) is 36.2 Å². The molecule has 0 aliphatic heterocycles. The molecule has 0 fully saturated rings. The highest BCUT2D eigenvalue weighted by atomic mass is 16.5. The standard InChI is InChI=1S/C29H32N2O4/c1-20(30-29(32)23-16-26(33-2)28(35-4)27(17-23)34-3)14-15-22-19-31(18-21-10-6-5-7-11-21)25-13-9-8-12-24(22)25/h5-13,16-17,19-20H,14-15,18H2,1-4H3,(H,30,32). The van der Waals surface area contributed by atoms with Crippen molar-refractivity contribution in [1.29, 1.82) is 0 Å². The van der Waals surface area contributed by atoms with E-state index in [0.29, 0.717) is 22.8 Å². The summed E-state index contributed by atoms with van der Waals surface area (Å²) in [5, 5.41) is 4.36. The number of para-hydroxylation sites is 1. The van der Waals surface area contributed by atoms with E-state index in [0.717, 1.165) is 19.4 Å². The van der Waals surface area contributed by atoms with Gasteiger partial charge in [0.2, 0.25) is 5.75 Å². The summed E-state index contributed by atoms with van der Waals surface area (Å²) in [6.45, 7) is 2.85. The SMILES string of the molecule is COc1cc(C(=O)NC(C)CCc2cn(Cc3ccccc3)c3ccccc23)cc(OC)c1OC. The van der Waals surface area contributed by atoms with E-state index in [4.69, 9.17) is 14.2 Å². The molecule has 4 aromatic rings. The topological polar surface area (TPSA) is 61.7 Å². The number of methoxy groups -OCH3 is 3. The maximum atomic E-state index is 13.0. The second kappa shape index (κ2) is 11.0. The lowest BCUT2D eigenvalue weighted by Gasteiger charge is -2.16. The number of ether oxygens (including phenoxy) is 3. The smallest absolute Gasteiger partial charge is 0.251 e. The van der Waals surface area contributed by atoms with Gasteiger partial charge in [0.05, 0.1) is 21.3 Å². The van der Waals surface area contributed by atoms with Crippen molar-refractivity contribution < 1.29 is 19.0 Å². The van der Waals surface area contributed by atoms with E-state index in [1.807, 2.05) is 13.0 Å². The summed E-state index contributed by atoms with van der Waals surface area (Å²) in [5.74, 6) is 1.20. The van der Waals surface area contributed by atoms with Gasteiger partial charge in [0.25, 0.3) is 5.91 Å². The monoisotopic (exact) mass is 472 g/mol. The van der Waals surface area contributed by atoms with Gasteiger partial charge in [-0.2, -0.15) is 0 Å². The van der Waals surface area contributed by atoms with E-state index in [-0.39, 0.29) is 11.9 Å². The molecule has 4 rings (SSSR count). The molecule has 0 radical (unpaired) electrons. The second-order valence-electron chi connectivity index (χ2n) is 8.61. The molecule has 0 saturated heterocycles. The fourth-order valence-corrected chi connectivity index (χ4v) is 4.40. The van der Waals surface area contributed by atoms with Crippen molar-refractivity contribution in [3.8, 4) is 17.2 Å². The second-order valence-corrected chi connectivity index (χ2v) is 8.61. The van der Waals surface area contributed by atoms with E-state index in [1.54, 1.807) is 19.2 Å². The first-order valence-electron chi connectivity index (χ1n) is 11.8. The van der Waals surface area contributed by atoms with Crippen molar-refractivity contribution in [2.45, 2.75) is 32.4 Å². The minimum absolute atomic E-state index is 0.0159. The van der Waals surface area contributed by atoms with Crippen LogP contribution in [0.4, 0.5) is 0 Å². The van der Waals surface area contributed by atoms with Crippen LogP contribution < -0.4 is 19.5 Å². The normalized spacial score (nSPS) is 11.8. The number of aromatic nitrogens is 1. The number of hydrogen-bond donors (Lipinski definition) is 1. The first kappa shape index (κ1) is 24.2. The van der Waals surface area contributed by atoms with E-state index >= 15 is 0 Å². The number of nitrogens with one attached hydrogen (secondary N) is 1. The van der Waals surface area contributed by atoms with Crippen molar-refractivity contribution >= 4 is 16.8 Å². The third-order valence-electron chi connectivity index (χ3n) is 6.22. The van der Waals surface area contributed by atoms with Crippen molar-refractivity contribution in [2.24, 2.45) is 0 Å². The van der Waals surface area contributed by atoms with Crippen LogP contribution in [0.5, 0.6) is 17.2 Å². The summed E-state index contributed by atoms with van der Waals surface area (Å²) >= 11 is 0. The number of aryl methyl sites for hydroxylation is 1. The molecule has 3 aromatic carbocycles. The van der Waals surface area contributed by atoms with Crippen LogP contribution in [0.15, 0.2) is 72.9 Å². The molecule has 0 saturated carbocycles. The Morgan fingerprint density at radius 3 is 2.23 bits per heavy atom. The number of carbonyl (C=O) groups is 1. The lowest BCUT2D eigenvalue weighted by atomic mass is 10.0. The Bertz CT molecular complexity index is 1270. The summed E-state index contributed by atoms with van der Waals surface area (Å²) in [6, 6.07) is 22.3. The first-order valence-corrected chi connectivity index (χ1v) is 11.8. The molecule has 0 aliphatic carbocycles. The molecular formula is C29H32N2O4. The van der Waals surface area contributed by atoms with Crippen LogP contribution in [-0.2, 0) is 13.0 Å². The number of benzene rings is 3. The van der Waals surface area contributed by atoms with Crippen molar-refractivity contribution in [1.82, 2.24) is 9.88 Å². The van der Waals surface area contributed by atoms with E-state index in [2.05, 4.69) is 64.6 Å². The van der Waals surface area contributed by atoms with Gasteiger partial charge in [0.15, 0.2) is 11.5 Å². The number of amides is 1. The maximum Gasteiger partial charge on any atom is 0.251 e. The highest BCUT2D eigenvalue weighted by Crippen LogP contribution is 2.38. The Kier molecular flexibility index (Phi) is 7.60. The fraction of sp³-hybridized carbons (Fsp3) is 0.276. The van der Waals surface area contributed by atoms with Crippen LogP contribution in [0, 0.1) is 0 Å². The average Bonchev–Trinajstić information content (AvgIpc) is 3.24. The third kappa shape index (κ3) is 5.43. The maximum absolute atomic E-state index is 13.0. The molecule has 0 aliphatic rings. The Balaban J connectivity index is 1.46. The molecule has 1 unspecified atom stereocenters. The zero-order valence-corrected chi connectivity index (χ0v) is 20.7. The lowest BCUT2D eigenvalue weighted by molar-refractivity contribution is 0.0937. The Morgan fingerprint density at radius 2 is 1.57 bits per heavy atom. The highest BCUT2D eigenvalue weighted by Gasteiger charge is 2.18. The van der Waals surface area contributed by atoms with Crippen molar-refractivity contribution in [3.63, 3.8) is 0 Å². The molecule has 1 N–H and O–H groups in total. The number of hydrogen-bond acceptors (Lipinski definition) is 4. The minimum atomic E-state index is -0.178. The van der Waals surface area contributed by atoms with Gasteiger partial charge >= 0.3 is 0 Å². The summed E-state index contributed by atoms with van der Waals surface area (Å²) in [7, 11) is 4.62. The molecule has 1 amide bonds. The summed E-state index contributed by atoms with van der Waals surface area (Å²) < 4.78 is 18.4. The molecule has 1 heterocycles. The van der Waals surface area contributed by atoms with Crippen LogP contribution >= 0.6 is 0 Å². The molecule has 182 valence electrons. The van der Waals surface area contributed by atoms with E-state index in [9.17, 15) is 4.79 Å². The van der Waals surface area contributed by atoms with E-state index < -0.39 is 0 Å². The quantitative estimate of drug-likeness (QED) is 0.333. The number of nitrogens with zero attached hydrogens (tertiary/aromatic N) is 1. The summed E-state index contributed by atoms with van der Waals surface area (Å²) in [4.78, 5) is 13.0. The lowest BCUT2D eigenvalue weighted by Crippen LogP contribution is -2.32. The third-order valence-corrected chi connectivity index (χ3v) is 6.22. The van der Waals surface area contributed by atoms with Crippen LogP contribution in [0.1, 0.15) is 34.8 Å². The largest absolute Gasteiger partial charge is 0.493 e. The van der Waals surface area contributed by atoms with Gasteiger partial charge in [-0.1, -0.05) is 48.5 Å². The van der Waals surface area contributed by atoms with Crippen molar-refractivity contribution in [3.05, 3.63) is 89.6 Å². The highest BCUT2D eigenvalue weighted by molar-refractivity contribution is 5.95. The van der Waals surface area contributed by atoms with Crippen LogP contribution in [-0.4, -0.2) is 37.8 Å². The molecule has 6 nitrogen and oxygen atoms in total. The average molecular weight is 473 g/mol. The molecular weight excluding hydrogens is 440 g/mol.